The lowest BCUT2D eigenvalue weighted by molar-refractivity contribution is -0.126. The zero-order valence-corrected chi connectivity index (χ0v) is 12.9. The van der Waals surface area contributed by atoms with Crippen molar-refractivity contribution in [3.05, 3.63) is 30.2 Å². The Morgan fingerprint density at radius 2 is 2.00 bits per heavy atom. The van der Waals surface area contributed by atoms with Crippen molar-refractivity contribution in [2.75, 3.05) is 0 Å². The lowest BCUT2D eigenvalue weighted by Crippen LogP contribution is -2.50. The van der Waals surface area contributed by atoms with Gasteiger partial charge >= 0.3 is 0 Å². The summed E-state index contributed by atoms with van der Waals surface area (Å²) in [5, 5.41) is 2.49. The molecule has 0 aromatic carbocycles. The van der Waals surface area contributed by atoms with Gasteiger partial charge in [0.1, 0.15) is 5.76 Å². The second-order valence-electron chi connectivity index (χ2n) is 5.12. The number of carbonyl (C=O) groups is 2. The molecule has 1 heterocycles. The van der Waals surface area contributed by atoms with Gasteiger partial charge in [-0.15, -0.1) is 0 Å². The molecule has 2 rings (SSSR count). The quantitative estimate of drug-likeness (QED) is 0.450. The van der Waals surface area contributed by atoms with Gasteiger partial charge in [-0.1, -0.05) is 19.3 Å². The number of hydrogen-bond donors (Lipinski definition) is 3. The summed E-state index contributed by atoms with van der Waals surface area (Å²) in [7, 11) is 0. The Labute approximate surface area is 134 Å². The minimum atomic E-state index is -0.402. The van der Waals surface area contributed by atoms with Gasteiger partial charge in [0, 0.05) is 12.0 Å². The molecule has 0 bridgehead atoms. The number of thiocarbonyl (C=S) groups is 1. The number of amides is 2. The maximum Gasteiger partial charge on any atom is 0.250 e. The molecule has 1 aliphatic rings. The predicted octanol–water partition coefficient (Wildman–Crippen LogP) is 1.90. The summed E-state index contributed by atoms with van der Waals surface area (Å²) in [5.74, 6) is 0.112. The van der Waals surface area contributed by atoms with Gasteiger partial charge in [-0.3, -0.25) is 25.8 Å². The first-order valence-corrected chi connectivity index (χ1v) is 7.68. The van der Waals surface area contributed by atoms with Crippen LogP contribution in [0.1, 0.15) is 37.9 Å². The fraction of sp³-hybridized carbons (Fsp3) is 0.400. The predicted molar refractivity (Wildman–Crippen MR) is 86.3 cm³/mol. The molecule has 6 nitrogen and oxygen atoms in total. The van der Waals surface area contributed by atoms with E-state index in [2.05, 4.69) is 16.2 Å². The van der Waals surface area contributed by atoms with Crippen LogP contribution in [0.15, 0.2) is 28.9 Å². The van der Waals surface area contributed by atoms with Crippen molar-refractivity contribution < 1.29 is 14.0 Å². The van der Waals surface area contributed by atoms with Crippen LogP contribution in [0.3, 0.4) is 0 Å². The summed E-state index contributed by atoms with van der Waals surface area (Å²) < 4.78 is 5.06. The monoisotopic (exact) mass is 321 g/mol. The zero-order valence-electron chi connectivity index (χ0n) is 12.1. The van der Waals surface area contributed by atoms with Crippen LogP contribution < -0.4 is 16.2 Å². The average Bonchev–Trinajstić information content (AvgIpc) is 3.05. The SMILES string of the molecule is O=C(/C=C\c1ccco1)NC(=S)NNC(=O)C1CCCCC1. The Balaban J connectivity index is 1.68. The number of hydrogen-bond acceptors (Lipinski definition) is 4. The Morgan fingerprint density at radius 3 is 2.68 bits per heavy atom. The Morgan fingerprint density at radius 1 is 1.23 bits per heavy atom. The van der Waals surface area contributed by atoms with E-state index in [-0.39, 0.29) is 16.9 Å². The molecule has 0 radical (unpaired) electrons. The average molecular weight is 321 g/mol. The summed E-state index contributed by atoms with van der Waals surface area (Å²) in [4.78, 5) is 23.5. The molecule has 1 fully saturated rings. The molecule has 118 valence electrons. The second-order valence-corrected chi connectivity index (χ2v) is 5.52. The van der Waals surface area contributed by atoms with E-state index in [4.69, 9.17) is 16.6 Å². The van der Waals surface area contributed by atoms with E-state index in [9.17, 15) is 9.59 Å². The lowest BCUT2D eigenvalue weighted by atomic mass is 9.89. The maximum absolute atomic E-state index is 11.9. The molecule has 1 aromatic rings. The van der Waals surface area contributed by atoms with Crippen LogP contribution in [-0.4, -0.2) is 16.9 Å². The zero-order chi connectivity index (χ0) is 15.8. The molecule has 0 aliphatic heterocycles. The highest BCUT2D eigenvalue weighted by molar-refractivity contribution is 7.80. The van der Waals surface area contributed by atoms with Crippen molar-refractivity contribution in [2.45, 2.75) is 32.1 Å². The van der Waals surface area contributed by atoms with Crippen molar-refractivity contribution in [2.24, 2.45) is 5.92 Å². The topological polar surface area (TPSA) is 83.4 Å². The van der Waals surface area contributed by atoms with Gasteiger partial charge in [0.05, 0.1) is 6.26 Å². The summed E-state index contributed by atoms with van der Waals surface area (Å²) in [6.45, 7) is 0. The summed E-state index contributed by atoms with van der Waals surface area (Å²) in [5.41, 5.74) is 5.09. The number of furan rings is 1. The summed E-state index contributed by atoms with van der Waals surface area (Å²) in [6, 6.07) is 3.45. The van der Waals surface area contributed by atoms with Crippen LogP contribution >= 0.6 is 12.2 Å². The molecule has 7 heteroatoms. The van der Waals surface area contributed by atoms with E-state index in [0.29, 0.717) is 5.76 Å². The fourth-order valence-electron chi connectivity index (χ4n) is 2.31. The minimum Gasteiger partial charge on any atom is -0.465 e. The van der Waals surface area contributed by atoms with Crippen molar-refractivity contribution >= 4 is 35.2 Å². The van der Waals surface area contributed by atoms with Crippen LogP contribution in [0.4, 0.5) is 0 Å². The molecular weight excluding hydrogens is 302 g/mol. The Bertz CT molecular complexity index is 548. The molecule has 0 unspecified atom stereocenters. The molecule has 2 amide bonds. The summed E-state index contributed by atoms with van der Waals surface area (Å²) in [6.07, 6.45) is 9.50. The highest BCUT2D eigenvalue weighted by atomic mass is 32.1. The molecule has 22 heavy (non-hydrogen) atoms. The first-order valence-electron chi connectivity index (χ1n) is 7.27. The van der Waals surface area contributed by atoms with E-state index >= 15 is 0 Å². The molecule has 1 saturated carbocycles. The molecule has 3 N–H and O–H groups in total. The van der Waals surface area contributed by atoms with E-state index in [1.807, 2.05) is 0 Å². The van der Waals surface area contributed by atoms with Gasteiger partial charge in [-0.25, -0.2) is 0 Å². The van der Waals surface area contributed by atoms with Gasteiger partial charge < -0.3 is 4.42 Å². The largest absolute Gasteiger partial charge is 0.465 e. The van der Waals surface area contributed by atoms with Crippen molar-refractivity contribution in [1.82, 2.24) is 16.2 Å². The molecule has 0 saturated heterocycles. The first kappa shape index (κ1) is 16.2. The molecule has 0 atom stereocenters. The van der Waals surface area contributed by atoms with E-state index in [1.165, 1.54) is 24.8 Å². The van der Waals surface area contributed by atoms with E-state index in [0.717, 1.165) is 25.7 Å². The second kappa shape index (κ2) is 8.33. The van der Waals surface area contributed by atoms with Crippen molar-refractivity contribution in [3.63, 3.8) is 0 Å². The van der Waals surface area contributed by atoms with Crippen LogP contribution in [0.25, 0.3) is 6.08 Å². The Hall–Kier alpha value is -2.15. The molecule has 1 aromatic heterocycles. The Kier molecular flexibility index (Phi) is 6.14. The maximum atomic E-state index is 11.9. The number of nitrogens with one attached hydrogen (secondary N) is 3. The number of rotatable bonds is 3. The van der Waals surface area contributed by atoms with Gasteiger partial charge in [-0.05, 0) is 43.3 Å². The molecule has 0 spiro atoms. The molecular formula is C15H19N3O3S. The van der Waals surface area contributed by atoms with Crippen LogP contribution in [-0.2, 0) is 9.59 Å². The minimum absolute atomic E-state index is 0.0265. The van der Waals surface area contributed by atoms with Crippen LogP contribution in [0, 0.1) is 5.92 Å². The van der Waals surface area contributed by atoms with E-state index in [1.54, 1.807) is 12.1 Å². The highest BCUT2D eigenvalue weighted by Gasteiger charge is 2.20. The first-order chi connectivity index (χ1) is 10.6. The summed E-state index contributed by atoms with van der Waals surface area (Å²) >= 11 is 4.95. The van der Waals surface area contributed by atoms with Gasteiger partial charge in [-0.2, -0.15) is 0 Å². The lowest BCUT2D eigenvalue weighted by Gasteiger charge is -2.21. The van der Waals surface area contributed by atoms with Gasteiger partial charge in [0.25, 0.3) is 0 Å². The van der Waals surface area contributed by atoms with Gasteiger partial charge in [0.15, 0.2) is 5.11 Å². The smallest absolute Gasteiger partial charge is 0.250 e. The third-order valence-corrected chi connectivity index (χ3v) is 3.66. The van der Waals surface area contributed by atoms with Crippen LogP contribution in [0.2, 0.25) is 0 Å². The van der Waals surface area contributed by atoms with Crippen LogP contribution in [0.5, 0.6) is 0 Å². The number of carbonyl (C=O) groups excluding carboxylic acids is 2. The number of hydrazine groups is 1. The van der Waals surface area contributed by atoms with E-state index < -0.39 is 5.91 Å². The fourth-order valence-corrected chi connectivity index (χ4v) is 2.47. The van der Waals surface area contributed by atoms with Crippen molar-refractivity contribution in [1.29, 1.82) is 0 Å². The highest BCUT2D eigenvalue weighted by Crippen LogP contribution is 2.23. The standard InChI is InChI=1S/C15H19N3O3S/c19-13(9-8-12-7-4-10-21-12)16-15(22)18-17-14(20)11-5-2-1-3-6-11/h4,7-11H,1-3,5-6H2,(H,17,20)(H2,16,18,19,22)/b9-8-. The molecule has 1 aliphatic carbocycles. The third kappa shape index (κ3) is 5.33. The normalized spacial score (nSPS) is 15.5. The third-order valence-electron chi connectivity index (χ3n) is 3.45. The van der Waals surface area contributed by atoms with Crippen molar-refractivity contribution in [3.8, 4) is 0 Å². The van der Waals surface area contributed by atoms with Gasteiger partial charge in [0.2, 0.25) is 11.8 Å².